The zero-order valence-corrected chi connectivity index (χ0v) is 10.7. The van der Waals surface area contributed by atoms with Gasteiger partial charge in [-0.2, -0.15) is 0 Å². The summed E-state index contributed by atoms with van der Waals surface area (Å²) in [6, 6.07) is 5.70. The maximum atomic E-state index is 11.2. The minimum Gasteiger partial charge on any atom is -0.475 e. The summed E-state index contributed by atoms with van der Waals surface area (Å²) < 4.78 is 10.8. The molecule has 1 aromatic carbocycles. The molecule has 5 nitrogen and oxygen atoms in total. The van der Waals surface area contributed by atoms with Crippen molar-refractivity contribution < 1.29 is 19.1 Å². The van der Waals surface area contributed by atoms with Crippen LogP contribution in [0.1, 0.15) is 16.1 Å². The fourth-order valence-electron chi connectivity index (χ4n) is 2.55. The number of rotatable bonds is 2. The van der Waals surface area contributed by atoms with Crippen molar-refractivity contribution in [1.29, 1.82) is 0 Å². The number of aromatic carboxylic acids is 1. The predicted octanol–water partition coefficient (Wildman–Crippen LogP) is 2.28. The molecule has 0 bridgehead atoms. The van der Waals surface area contributed by atoms with Crippen molar-refractivity contribution in [2.75, 3.05) is 31.2 Å². The Bertz CT molecular complexity index is 626. The van der Waals surface area contributed by atoms with E-state index in [1.807, 2.05) is 12.1 Å². The lowest BCUT2D eigenvalue weighted by atomic mass is 10.1. The highest BCUT2D eigenvalue weighted by Crippen LogP contribution is 2.34. The van der Waals surface area contributed by atoms with Gasteiger partial charge in [0.25, 0.3) is 0 Å². The molecule has 0 radical (unpaired) electrons. The molecule has 3 rings (SSSR count). The summed E-state index contributed by atoms with van der Waals surface area (Å²) in [5, 5.41) is 10.0. The van der Waals surface area contributed by atoms with Crippen LogP contribution in [-0.2, 0) is 4.74 Å². The molecule has 2 aromatic rings. The zero-order valence-electron chi connectivity index (χ0n) is 10.7. The standard InChI is InChI=1S/C14H15NO4/c1-9-12-10(15-5-7-18-8-6-15)3-2-4-11(12)19-13(9)14(16)17/h2-4H,5-8H2,1H3,(H,16,17). The van der Waals surface area contributed by atoms with Crippen LogP contribution in [0.15, 0.2) is 22.6 Å². The molecule has 0 unspecified atom stereocenters. The first-order chi connectivity index (χ1) is 9.18. The first kappa shape index (κ1) is 12.0. The number of aryl methyl sites for hydroxylation is 1. The maximum absolute atomic E-state index is 11.2. The van der Waals surface area contributed by atoms with E-state index in [4.69, 9.17) is 14.3 Å². The quantitative estimate of drug-likeness (QED) is 0.898. The van der Waals surface area contributed by atoms with Gasteiger partial charge in [0.15, 0.2) is 0 Å². The summed E-state index contributed by atoms with van der Waals surface area (Å²) in [7, 11) is 0. The number of benzene rings is 1. The number of carboxylic acids is 1. The Morgan fingerprint density at radius 1 is 1.32 bits per heavy atom. The molecule has 1 aliphatic rings. The second-order valence-electron chi connectivity index (χ2n) is 4.61. The van der Waals surface area contributed by atoms with Crippen molar-refractivity contribution in [1.82, 2.24) is 0 Å². The summed E-state index contributed by atoms with van der Waals surface area (Å²) in [6.07, 6.45) is 0. The van der Waals surface area contributed by atoms with Crippen LogP contribution in [0.3, 0.4) is 0 Å². The average molecular weight is 261 g/mol. The van der Waals surface area contributed by atoms with Gasteiger partial charge >= 0.3 is 5.97 Å². The van der Waals surface area contributed by atoms with Gasteiger partial charge in [-0.25, -0.2) is 4.79 Å². The van der Waals surface area contributed by atoms with Crippen molar-refractivity contribution in [2.24, 2.45) is 0 Å². The van der Waals surface area contributed by atoms with Crippen molar-refractivity contribution in [3.63, 3.8) is 0 Å². The van der Waals surface area contributed by atoms with Crippen LogP contribution in [-0.4, -0.2) is 37.4 Å². The van der Waals surface area contributed by atoms with Crippen molar-refractivity contribution in [3.05, 3.63) is 29.5 Å². The van der Waals surface area contributed by atoms with Gasteiger partial charge < -0.3 is 19.2 Å². The Morgan fingerprint density at radius 3 is 2.74 bits per heavy atom. The van der Waals surface area contributed by atoms with E-state index in [1.165, 1.54) is 0 Å². The number of carboxylic acid groups (broad SMARTS) is 1. The fraction of sp³-hybridized carbons (Fsp3) is 0.357. The molecule has 0 amide bonds. The number of morpholine rings is 1. The highest BCUT2D eigenvalue weighted by Gasteiger charge is 2.21. The molecule has 1 aliphatic heterocycles. The summed E-state index contributed by atoms with van der Waals surface area (Å²) in [6.45, 7) is 4.80. The van der Waals surface area contributed by atoms with Gasteiger partial charge in [0.05, 0.1) is 13.2 Å². The monoisotopic (exact) mass is 261 g/mol. The van der Waals surface area contributed by atoms with Crippen LogP contribution in [0.4, 0.5) is 5.69 Å². The molecule has 0 spiro atoms. The smallest absolute Gasteiger partial charge is 0.372 e. The number of hydrogen-bond acceptors (Lipinski definition) is 4. The molecule has 0 aliphatic carbocycles. The number of ether oxygens (including phenoxy) is 1. The molecule has 5 heteroatoms. The summed E-state index contributed by atoms with van der Waals surface area (Å²) >= 11 is 0. The Hall–Kier alpha value is -2.01. The van der Waals surface area contributed by atoms with Gasteiger partial charge in [0, 0.05) is 29.7 Å². The van der Waals surface area contributed by atoms with E-state index in [9.17, 15) is 4.79 Å². The molecule has 1 saturated heterocycles. The van der Waals surface area contributed by atoms with Crippen molar-refractivity contribution in [3.8, 4) is 0 Å². The molecule has 100 valence electrons. The van der Waals surface area contributed by atoms with Crippen LogP contribution in [0.5, 0.6) is 0 Å². The second kappa shape index (κ2) is 4.59. The van der Waals surface area contributed by atoms with Gasteiger partial charge in [-0.05, 0) is 19.1 Å². The van der Waals surface area contributed by atoms with E-state index in [0.717, 1.165) is 24.2 Å². The van der Waals surface area contributed by atoms with E-state index in [0.29, 0.717) is 24.4 Å². The largest absolute Gasteiger partial charge is 0.475 e. The van der Waals surface area contributed by atoms with Gasteiger partial charge in [-0.15, -0.1) is 0 Å². The topological polar surface area (TPSA) is 62.9 Å². The lowest BCUT2D eigenvalue weighted by Gasteiger charge is -2.29. The van der Waals surface area contributed by atoms with E-state index < -0.39 is 5.97 Å². The number of carbonyl (C=O) groups is 1. The van der Waals surface area contributed by atoms with Crippen LogP contribution < -0.4 is 4.90 Å². The number of hydrogen-bond donors (Lipinski definition) is 1. The minimum absolute atomic E-state index is 0.0238. The first-order valence-corrected chi connectivity index (χ1v) is 6.26. The number of fused-ring (bicyclic) bond motifs is 1. The second-order valence-corrected chi connectivity index (χ2v) is 4.61. The Labute approximate surface area is 110 Å². The minimum atomic E-state index is -1.03. The van der Waals surface area contributed by atoms with Gasteiger partial charge in [0.1, 0.15) is 5.58 Å². The van der Waals surface area contributed by atoms with E-state index >= 15 is 0 Å². The van der Waals surface area contributed by atoms with E-state index in [-0.39, 0.29) is 5.76 Å². The molecule has 0 atom stereocenters. The molecule has 1 N–H and O–H groups in total. The highest BCUT2D eigenvalue weighted by molar-refractivity contribution is 6.00. The van der Waals surface area contributed by atoms with E-state index in [2.05, 4.69) is 4.90 Å². The highest BCUT2D eigenvalue weighted by atomic mass is 16.5. The predicted molar refractivity (Wildman–Crippen MR) is 70.9 cm³/mol. The first-order valence-electron chi connectivity index (χ1n) is 6.26. The number of anilines is 1. The molecule has 2 heterocycles. The number of furan rings is 1. The summed E-state index contributed by atoms with van der Waals surface area (Å²) in [4.78, 5) is 13.4. The average Bonchev–Trinajstić information content (AvgIpc) is 2.78. The lowest BCUT2D eigenvalue weighted by Crippen LogP contribution is -2.36. The molecule has 0 saturated carbocycles. The van der Waals surface area contributed by atoms with Gasteiger partial charge in [0.2, 0.25) is 5.76 Å². The normalized spacial score (nSPS) is 15.9. The molecule has 1 aromatic heterocycles. The number of nitrogens with zero attached hydrogens (tertiary/aromatic N) is 1. The molecule has 19 heavy (non-hydrogen) atoms. The van der Waals surface area contributed by atoms with E-state index in [1.54, 1.807) is 13.0 Å². The SMILES string of the molecule is Cc1c(C(=O)O)oc2cccc(N3CCOCC3)c12. The van der Waals surface area contributed by atoms with Gasteiger partial charge in [-0.3, -0.25) is 0 Å². The Kier molecular flexibility index (Phi) is 2.91. The lowest BCUT2D eigenvalue weighted by molar-refractivity contribution is 0.0664. The van der Waals surface area contributed by atoms with Crippen LogP contribution in [0.2, 0.25) is 0 Å². The third-order valence-corrected chi connectivity index (χ3v) is 3.48. The molecular formula is C14H15NO4. The van der Waals surface area contributed by atoms with Crippen LogP contribution in [0.25, 0.3) is 11.0 Å². The summed E-state index contributed by atoms with van der Waals surface area (Å²) in [5.74, 6) is -1.00. The van der Waals surface area contributed by atoms with Crippen molar-refractivity contribution >= 4 is 22.6 Å². The molecule has 1 fully saturated rings. The Balaban J connectivity index is 2.16. The van der Waals surface area contributed by atoms with Gasteiger partial charge in [-0.1, -0.05) is 6.07 Å². The Morgan fingerprint density at radius 2 is 2.05 bits per heavy atom. The third-order valence-electron chi connectivity index (χ3n) is 3.48. The maximum Gasteiger partial charge on any atom is 0.372 e. The van der Waals surface area contributed by atoms with Crippen molar-refractivity contribution in [2.45, 2.75) is 6.92 Å². The summed E-state index contributed by atoms with van der Waals surface area (Å²) in [5.41, 5.74) is 2.33. The third kappa shape index (κ3) is 1.96. The van der Waals surface area contributed by atoms with Crippen LogP contribution in [0, 0.1) is 6.92 Å². The molecular weight excluding hydrogens is 246 g/mol. The zero-order chi connectivity index (χ0) is 13.4. The van der Waals surface area contributed by atoms with Crippen LogP contribution >= 0.6 is 0 Å². The fourth-order valence-corrected chi connectivity index (χ4v) is 2.55.